The minimum absolute atomic E-state index is 0.00549. The standard InChI is InChI=1S/C16H20FN3O2/c1-20-9-12(5-6-15(20)21)18-16(22)19-14-8-13(14)10-3-2-4-11(17)7-10/h2-4,7,12-14H,5-6,8-9H2,1H3,(H2,18,19,22)/t12?,13-,14+/m0/s1. The third-order valence-corrected chi connectivity index (χ3v) is 4.35. The van der Waals surface area contributed by atoms with Crippen molar-refractivity contribution in [3.05, 3.63) is 35.6 Å². The van der Waals surface area contributed by atoms with Gasteiger partial charge < -0.3 is 15.5 Å². The van der Waals surface area contributed by atoms with E-state index in [2.05, 4.69) is 10.6 Å². The lowest BCUT2D eigenvalue weighted by Crippen LogP contribution is -2.51. The van der Waals surface area contributed by atoms with Crippen molar-refractivity contribution in [3.8, 4) is 0 Å². The van der Waals surface area contributed by atoms with Crippen LogP contribution < -0.4 is 10.6 Å². The van der Waals surface area contributed by atoms with Crippen LogP contribution in [0.5, 0.6) is 0 Å². The zero-order valence-electron chi connectivity index (χ0n) is 12.5. The molecule has 0 bridgehead atoms. The summed E-state index contributed by atoms with van der Waals surface area (Å²) in [7, 11) is 1.74. The van der Waals surface area contributed by atoms with E-state index in [1.807, 2.05) is 6.07 Å². The molecule has 6 heteroatoms. The normalized spacial score (nSPS) is 27.5. The fourth-order valence-electron chi connectivity index (χ4n) is 2.99. The van der Waals surface area contributed by atoms with E-state index in [0.29, 0.717) is 19.4 Å². The maximum atomic E-state index is 13.2. The van der Waals surface area contributed by atoms with Gasteiger partial charge in [-0.25, -0.2) is 9.18 Å². The molecule has 1 saturated heterocycles. The number of carbonyl (C=O) groups is 2. The first-order valence-electron chi connectivity index (χ1n) is 7.59. The zero-order chi connectivity index (χ0) is 15.7. The van der Waals surface area contributed by atoms with Gasteiger partial charge in [-0.2, -0.15) is 0 Å². The number of urea groups is 1. The maximum Gasteiger partial charge on any atom is 0.315 e. The molecular weight excluding hydrogens is 285 g/mol. The van der Waals surface area contributed by atoms with Crippen molar-refractivity contribution in [1.29, 1.82) is 0 Å². The first kappa shape index (κ1) is 14.8. The predicted octanol–water partition coefficient (Wildman–Crippen LogP) is 1.60. The van der Waals surface area contributed by atoms with Crippen LogP contribution in [0.3, 0.4) is 0 Å². The highest BCUT2D eigenvalue weighted by atomic mass is 19.1. The van der Waals surface area contributed by atoms with Crippen molar-refractivity contribution in [2.75, 3.05) is 13.6 Å². The Balaban J connectivity index is 1.47. The number of nitrogens with zero attached hydrogens (tertiary/aromatic N) is 1. The smallest absolute Gasteiger partial charge is 0.315 e. The van der Waals surface area contributed by atoms with Gasteiger partial charge in [0.05, 0.1) is 0 Å². The third-order valence-electron chi connectivity index (χ3n) is 4.35. The molecule has 3 amide bonds. The Morgan fingerprint density at radius 1 is 1.36 bits per heavy atom. The van der Waals surface area contributed by atoms with Gasteiger partial charge in [0.1, 0.15) is 5.82 Å². The first-order chi connectivity index (χ1) is 10.5. The predicted molar refractivity (Wildman–Crippen MR) is 79.9 cm³/mol. The summed E-state index contributed by atoms with van der Waals surface area (Å²) < 4.78 is 13.2. The third kappa shape index (κ3) is 3.37. The molecule has 3 rings (SSSR count). The van der Waals surface area contributed by atoms with Crippen molar-refractivity contribution in [3.63, 3.8) is 0 Å². The van der Waals surface area contributed by atoms with Crippen molar-refractivity contribution in [2.24, 2.45) is 0 Å². The molecule has 118 valence electrons. The molecule has 5 nitrogen and oxygen atoms in total. The van der Waals surface area contributed by atoms with Gasteiger partial charge in [-0.15, -0.1) is 0 Å². The molecule has 3 atom stereocenters. The summed E-state index contributed by atoms with van der Waals surface area (Å²) in [6, 6.07) is 6.35. The van der Waals surface area contributed by atoms with Gasteiger partial charge in [-0.1, -0.05) is 12.1 Å². The van der Waals surface area contributed by atoms with Crippen molar-refractivity contribution < 1.29 is 14.0 Å². The number of carbonyl (C=O) groups excluding carboxylic acids is 2. The van der Waals surface area contributed by atoms with E-state index in [1.165, 1.54) is 12.1 Å². The maximum absolute atomic E-state index is 13.2. The zero-order valence-corrected chi connectivity index (χ0v) is 12.5. The van der Waals surface area contributed by atoms with E-state index < -0.39 is 0 Å². The number of rotatable bonds is 3. The molecule has 1 saturated carbocycles. The molecule has 1 aromatic rings. The minimum atomic E-state index is -0.248. The Morgan fingerprint density at radius 3 is 2.91 bits per heavy atom. The van der Waals surface area contributed by atoms with Crippen molar-refractivity contribution in [2.45, 2.75) is 37.3 Å². The van der Waals surface area contributed by atoms with Gasteiger partial charge >= 0.3 is 6.03 Å². The van der Waals surface area contributed by atoms with Crippen LogP contribution in [0.4, 0.5) is 9.18 Å². The largest absolute Gasteiger partial charge is 0.344 e. The Hall–Kier alpha value is -2.11. The number of piperidine rings is 1. The molecule has 1 aromatic carbocycles. The molecule has 1 aliphatic carbocycles. The van der Waals surface area contributed by atoms with E-state index in [4.69, 9.17) is 0 Å². The van der Waals surface area contributed by atoms with Gasteiger partial charge in [0.2, 0.25) is 5.91 Å². The Bertz CT molecular complexity index is 593. The van der Waals surface area contributed by atoms with Crippen LogP contribution in [-0.2, 0) is 4.79 Å². The molecule has 1 unspecified atom stereocenters. The highest BCUT2D eigenvalue weighted by molar-refractivity contribution is 5.78. The van der Waals surface area contributed by atoms with Crippen LogP contribution in [-0.4, -0.2) is 42.5 Å². The molecule has 0 radical (unpaired) electrons. The summed E-state index contributed by atoms with van der Waals surface area (Å²) in [5.74, 6) is 0.0615. The molecule has 0 spiro atoms. The highest BCUT2D eigenvalue weighted by Gasteiger charge is 2.40. The summed E-state index contributed by atoms with van der Waals surface area (Å²) in [6.45, 7) is 0.546. The lowest BCUT2D eigenvalue weighted by atomic mass is 10.1. The highest BCUT2D eigenvalue weighted by Crippen LogP contribution is 2.40. The summed E-state index contributed by atoms with van der Waals surface area (Å²) in [4.78, 5) is 25.0. The van der Waals surface area contributed by atoms with Gasteiger partial charge in [0.15, 0.2) is 0 Å². The molecule has 0 aromatic heterocycles. The summed E-state index contributed by atoms with van der Waals surface area (Å²) in [5.41, 5.74) is 0.924. The van der Waals surface area contributed by atoms with E-state index in [9.17, 15) is 14.0 Å². The number of amides is 3. The second kappa shape index (κ2) is 5.94. The van der Waals surface area contributed by atoms with Gasteiger partial charge in [0.25, 0.3) is 0 Å². The number of nitrogens with one attached hydrogen (secondary N) is 2. The van der Waals surface area contributed by atoms with Crippen LogP contribution in [0.15, 0.2) is 24.3 Å². The Morgan fingerprint density at radius 2 is 2.18 bits per heavy atom. The molecule has 1 aliphatic heterocycles. The number of hydrogen-bond donors (Lipinski definition) is 2. The van der Waals surface area contributed by atoms with Gasteiger partial charge in [-0.05, 0) is 30.5 Å². The lowest BCUT2D eigenvalue weighted by molar-refractivity contribution is -0.132. The van der Waals surface area contributed by atoms with Crippen LogP contribution in [0.1, 0.15) is 30.7 Å². The fourth-order valence-corrected chi connectivity index (χ4v) is 2.99. The number of halogens is 1. The first-order valence-corrected chi connectivity index (χ1v) is 7.59. The minimum Gasteiger partial charge on any atom is -0.344 e. The summed E-state index contributed by atoms with van der Waals surface area (Å²) in [6.07, 6.45) is 1.98. The van der Waals surface area contributed by atoms with E-state index in [1.54, 1.807) is 18.0 Å². The van der Waals surface area contributed by atoms with Crippen molar-refractivity contribution >= 4 is 11.9 Å². The SMILES string of the molecule is CN1CC(NC(=O)N[C@@H]2C[C@H]2c2cccc(F)c2)CCC1=O. The second-order valence-electron chi connectivity index (χ2n) is 6.13. The topological polar surface area (TPSA) is 61.4 Å². The molecule has 2 N–H and O–H groups in total. The molecule has 22 heavy (non-hydrogen) atoms. The fraction of sp³-hybridized carbons (Fsp3) is 0.500. The van der Waals surface area contributed by atoms with Crippen LogP contribution >= 0.6 is 0 Å². The van der Waals surface area contributed by atoms with Crippen LogP contribution in [0, 0.1) is 5.82 Å². The number of hydrogen-bond acceptors (Lipinski definition) is 2. The quantitative estimate of drug-likeness (QED) is 0.891. The molecular formula is C16H20FN3O2. The van der Waals surface area contributed by atoms with E-state index >= 15 is 0 Å². The van der Waals surface area contributed by atoms with Gasteiger partial charge in [0, 0.05) is 38.0 Å². The monoisotopic (exact) mass is 305 g/mol. The number of likely N-dealkylation sites (N-methyl/N-ethyl adjacent to an activating group) is 1. The molecule has 2 fully saturated rings. The van der Waals surface area contributed by atoms with Crippen molar-refractivity contribution in [1.82, 2.24) is 15.5 Å². The lowest BCUT2D eigenvalue weighted by Gasteiger charge is -2.30. The molecule has 1 heterocycles. The Kier molecular flexibility index (Phi) is 4.00. The van der Waals surface area contributed by atoms with Crippen LogP contribution in [0.2, 0.25) is 0 Å². The molecule has 2 aliphatic rings. The summed E-state index contributed by atoms with van der Waals surface area (Å²) >= 11 is 0. The second-order valence-corrected chi connectivity index (χ2v) is 6.13. The number of likely N-dealkylation sites (tertiary alicyclic amines) is 1. The van der Waals surface area contributed by atoms with E-state index in [0.717, 1.165) is 12.0 Å². The number of benzene rings is 1. The van der Waals surface area contributed by atoms with Crippen LogP contribution in [0.25, 0.3) is 0 Å². The average Bonchev–Trinajstić information content (AvgIpc) is 3.22. The van der Waals surface area contributed by atoms with Gasteiger partial charge in [-0.3, -0.25) is 4.79 Å². The average molecular weight is 305 g/mol. The van der Waals surface area contributed by atoms with E-state index in [-0.39, 0.29) is 35.8 Å². The summed E-state index contributed by atoms with van der Waals surface area (Å²) in [5, 5.41) is 5.83. The Labute approximate surface area is 128 Å².